The van der Waals surface area contributed by atoms with Crippen molar-refractivity contribution in [2.75, 3.05) is 30.7 Å². The second kappa shape index (κ2) is 27.1. The Bertz CT molecular complexity index is 2010. The number of aromatic nitrogens is 2. The lowest BCUT2D eigenvalue weighted by Gasteiger charge is -2.20. The van der Waals surface area contributed by atoms with Crippen LogP contribution in [0.25, 0.3) is 17.3 Å². The Morgan fingerprint density at radius 3 is 2.00 bits per heavy atom. The number of allylic oxidation sites excluding steroid dienone is 12. The van der Waals surface area contributed by atoms with Gasteiger partial charge in [0.05, 0.1) is 36.3 Å². The van der Waals surface area contributed by atoms with Crippen molar-refractivity contribution in [2.24, 2.45) is 0 Å². The van der Waals surface area contributed by atoms with Gasteiger partial charge in [-0.3, -0.25) is 9.59 Å². The fraction of sp³-hybridized carbons (Fsp3) is 0.458. The van der Waals surface area contributed by atoms with Gasteiger partial charge in [0.25, 0.3) is 0 Å². The van der Waals surface area contributed by atoms with Crippen LogP contribution in [0, 0.1) is 5.82 Å². The number of anilines is 1. The summed E-state index contributed by atoms with van der Waals surface area (Å²) in [4.78, 5) is 36.4. The highest BCUT2D eigenvalue weighted by Crippen LogP contribution is 2.32. The molecule has 0 radical (unpaired) electrons. The van der Waals surface area contributed by atoms with Crippen molar-refractivity contribution in [1.29, 1.82) is 0 Å². The number of aliphatic hydroxyl groups excluding tert-OH is 2. The number of carbonyl (C=O) groups is 2. The number of carbonyl (C=O) groups excluding carboxylic acids is 2. The molecular formula is C48H66FN5O6S. The van der Waals surface area contributed by atoms with Crippen LogP contribution in [0.4, 0.5) is 10.3 Å². The predicted octanol–water partition coefficient (Wildman–Crippen LogP) is 8.51. The van der Waals surface area contributed by atoms with Gasteiger partial charge in [-0.05, 0) is 81.5 Å². The number of nitrogens with zero attached hydrogens (tertiary/aromatic N) is 4. The van der Waals surface area contributed by atoms with Crippen LogP contribution in [0.5, 0.6) is 0 Å². The smallest absolute Gasteiger partial charge is 0.239 e. The molecule has 1 fully saturated rings. The molecule has 13 heteroatoms. The molecule has 0 unspecified atom stereocenters. The molecule has 3 atom stereocenters. The van der Waals surface area contributed by atoms with Gasteiger partial charge in [-0.25, -0.2) is 27.1 Å². The largest absolute Gasteiger partial charge is 0.392 e. The van der Waals surface area contributed by atoms with E-state index in [1.165, 1.54) is 37.4 Å². The lowest BCUT2D eigenvalue weighted by Crippen LogP contribution is -2.39. The summed E-state index contributed by atoms with van der Waals surface area (Å²) in [5.41, 5.74) is 1.85. The van der Waals surface area contributed by atoms with Gasteiger partial charge in [0.15, 0.2) is 0 Å². The van der Waals surface area contributed by atoms with Gasteiger partial charge >= 0.3 is 0 Å². The third-order valence-corrected chi connectivity index (χ3v) is 11.0. The molecule has 1 aliphatic heterocycles. The molecule has 1 aromatic carbocycles. The number of hydrogen-bond acceptors (Lipinski definition) is 8. The lowest BCUT2D eigenvalue weighted by molar-refractivity contribution is -0.130. The maximum absolute atomic E-state index is 13.8. The van der Waals surface area contributed by atoms with Crippen LogP contribution in [-0.2, 0) is 19.6 Å². The molecule has 1 aromatic heterocycles. The molecule has 1 aliphatic rings. The first-order valence-electron chi connectivity index (χ1n) is 21.3. The van der Waals surface area contributed by atoms with Crippen LogP contribution in [0.2, 0.25) is 0 Å². The van der Waals surface area contributed by atoms with Crippen molar-refractivity contribution in [3.05, 3.63) is 120 Å². The molecule has 11 nitrogen and oxygen atoms in total. The Morgan fingerprint density at radius 1 is 0.902 bits per heavy atom. The van der Waals surface area contributed by atoms with E-state index in [0.29, 0.717) is 54.9 Å². The summed E-state index contributed by atoms with van der Waals surface area (Å²) in [5.74, 6) is -1.03. The van der Waals surface area contributed by atoms with E-state index in [4.69, 9.17) is 0 Å². The van der Waals surface area contributed by atoms with E-state index in [-0.39, 0.29) is 42.6 Å². The number of hydrogen-bond donors (Lipinski definition) is 3. The van der Waals surface area contributed by atoms with Crippen molar-refractivity contribution >= 4 is 33.9 Å². The highest BCUT2D eigenvalue weighted by molar-refractivity contribution is 7.92. The fourth-order valence-electron chi connectivity index (χ4n) is 6.45. The second-order valence-electron chi connectivity index (χ2n) is 15.4. The maximum atomic E-state index is 13.8. The number of sulfonamides is 1. The van der Waals surface area contributed by atoms with Crippen LogP contribution in [0.3, 0.4) is 0 Å². The lowest BCUT2D eigenvalue weighted by atomic mass is 9.97. The normalized spacial score (nSPS) is 16.3. The van der Waals surface area contributed by atoms with Crippen LogP contribution in [0.15, 0.2) is 103 Å². The summed E-state index contributed by atoms with van der Waals surface area (Å²) in [6.07, 6.45) is 34.5. The predicted molar refractivity (Wildman–Crippen MR) is 246 cm³/mol. The quantitative estimate of drug-likeness (QED) is 0.0841. The minimum Gasteiger partial charge on any atom is -0.392 e. The number of amides is 2. The average molecular weight is 860 g/mol. The molecule has 0 bridgehead atoms. The molecule has 0 aliphatic carbocycles. The van der Waals surface area contributed by atoms with Gasteiger partial charge in [-0.15, -0.1) is 0 Å². The molecule has 0 saturated carbocycles. The third kappa shape index (κ3) is 19.1. The summed E-state index contributed by atoms with van der Waals surface area (Å²) in [5, 5.41) is 24.5. The van der Waals surface area contributed by atoms with Crippen LogP contribution < -0.4 is 9.62 Å². The minimum atomic E-state index is -3.69. The zero-order chi connectivity index (χ0) is 44.6. The van der Waals surface area contributed by atoms with Gasteiger partial charge in [-0.1, -0.05) is 106 Å². The summed E-state index contributed by atoms with van der Waals surface area (Å²) in [6, 6.07) is 5.37. The van der Waals surface area contributed by atoms with Crippen LogP contribution >= 0.6 is 0 Å². The molecule has 332 valence electrons. The highest BCUT2D eigenvalue weighted by atomic mass is 32.2. The molecule has 0 spiro atoms. The topological polar surface area (TPSA) is 153 Å². The number of likely N-dealkylation sites (tertiary alicyclic amines) is 1. The Balaban J connectivity index is 1.40. The Hall–Kier alpha value is -4.98. The summed E-state index contributed by atoms with van der Waals surface area (Å²) >= 11 is 0. The summed E-state index contributed by atoms with van der Waals surface area (Å²) in [6.45, 7) is 6.85. The summed E-state index contributed by atoms with van der Waals surface area (Å²) < 4.78 is 39.4. The fourth-order valence-corrected chi connectivity index (χ4v) is 6.83. The highest BCUT2D eigenvalue weighted by Gasteiger charge is 2.28. The van der Waals surface area contributed by atoms with E-state index >= 15 is 0 Å². The number of aliphatic hydroxyl groups is 2. The molecule has 2 amide bonds. The Labute approximate surface area is 363 Å². The molecule has 3 N–H and O–H groups in total. The SMILES string of the molecule is CCC=CCC=CCC=CCC=CCC=CCC=CCCC(=O)N1CC[C@@H](NC(=O)C[C@H](O)C[C@H](O)C=Cc2c(-c3ccc(F)cc3)nc(N(C)S(C)(=O)=O)nc2C(C)C)C1. The first kappa shape index (κ1) is 50.4. The van der Waals surface area contributed by atoms with Crippen molar-refractivity contribution in [2.45, 2.75) is 116 Å². The van der Waals surface area contributed by atoms with E-state index in [2.05, 4.69) is 89.0 Å². The maximum Gasteiger partial charge on any atom is 0.239 e. The first-order valence-corrected chi connectivity index (χ1v) is 23.2. The summed E-state index contributed by atoms with van der Waals surface area (Å²) in [7, 11) is -2.34. The number of halogens is 1. The van der Waals surface area contributed by atoms with Crippen molar-refractivity contribution < 1.29 is 32.6 Å². The molecule has 61 heavy (non-hydrogen) atoms. The molecule has 2 aromatic rings. The minimum absolute atomic E-state index is 0.0388. The van der Waals surface area contributed by atoms with Crippen LogP contribution in [-0.4, -0.2) is 90.0 Å². The number of nitrogens with one attached hydrogen (secondary N) is 1. The zero-order valence-corrected chi connectivity index (χ0v) is 37.3. The standard InChI is InChI=1S/C48H66FN5O6S/c1-6-7-8-9-10-11-12-13-14-15-16-17-18-19-20-21-22-23-24-25-45(58)54-33-32-40(36-54)50-44(57)35-42(56)34-41(55)30-31-43-46(37(2)3)51-48(53(4)61(5,59)60)52-47(43)38-26-28-39(49)29-27-38/h7-8,10-11,13-14,16-17,19-20,22-23,26-31,37,40-42,55-56H,6,9,12,15,18,21,24-25,32-36H2,1-5H3,(H,50,57)/t40-,41-,42-/m1/s1. The number of benzene rings is 1. The molecule has 3 rings (SSSR count). The van der Waals surface area contributed by atoms with E-state index in [9.17, 15) is 32.6 Å². The molecular weight excluding hydrogens is 794 g/mol. The van der Waals surface area contributed by atoms with E-state index < -0.39 is 28.0 Å². The molecule has 1 saturated heterocycles. The first-order chi connectivity index (χ1) is 29.2. The van der Waals surface area contributed by atoms with Crippen LogP contribution in [0.1, 0.15) is 109 Å². The van der Waals surface area contributed by atoms with Crippen molar-refractivity contribution in [3.63, 3.8) is 0 Å². The zero-order valence-electron chi connectivity index (χ0n) is 36.5. The number of rotatable bonds is 25. The van der Waals surface area contributed by atoms with Gasteiger partial charge < -0.3 is 20.4 Å². The van der Waals surface area contributed by atoms with E-state index in [1.54, 1.807) is 11.0 Å². The van der Waals surface area contributed by atoms with E-state index in [0.717, 1.165) is 49.1 Å². The average Bonchev–Trinajstić information content (AvgIpc) is 3.68. The van der Waals surface area contributed by atoms with Gasteiger partial charge in [0.2, 0.25) is 27.8 Å². The monoisotopic (exact) mass is 859 g/mol. The molecule has 2 heterocycles. The van der Waals surface area contributed by atoms with Crippen molar-refractivity contribution in [3.8, 4) is 11.3 Å². The van der Waals surface area contributed by atoms with Gasteiger partial charge in [0.1, 0.15) is 5.82 Å². The van der Waals surface area contributed by atoms with E-state index in [1.807, 2.05) is 19.9 Å². The van der Waals surface area contributed by atoms with Crippen molar-refractivity contribution in [1.82, 2.24) is 20.2 Å². The third-order valence-electron chi connectivity index (χ3n) is 9.85. The Kier molecular flexibility index (Phi) is 22.4. The van der Waals surface area contributed by atoms with Gasteiger partial charge in [-0.2, -0.15) is 0 Å². The second-order valence-corrected chi connectivity index (χ2v) is 17.4. The van der Waals surface area contributed by atoms with Gasteiger partial charge in [0, 0.05) is 50.1 Å². The Morgan fingerprint density at radius 2 is 1.46 bits per heavy atom.